The van der Waals surface area contributed by atoms with Gasteiger partial charge in [0, 0.05) is 11.8 Å². The van der Waals surface area contributed by atoms with Crippen LogP contribution in [0.3, 0.4) is 0 Å². The van der Waals surface area contributed by atoms with E-state index in [0.717, 1.165) is 0 Å². The first-order valence-electron chi connectivity index (χ1n) is 3.68. The van der Waals surface area contributed by atoms with Gasteiger partial charge in [-0.05, 0) is 6.92 Å². The summed E-state index contributed by atoms with van der Waals surface area (Å²) in [6.07, 6.45) is 0. The third-order valence-electron chi connectivity index (χ3n) is 1.06. The molecule has 0 aliphatic heterocycles. The van der Waals surface area contributed by atoms with Gasteiger partial charge in [0.25, 0.3) is 5.22 Å². The maximum atomic E-state index is 11.8. The zero-order valence-corrected chi connectivity index (χ0v) is 8.18. The molecule has 0 aliphatic carbocycles. The number of thioether (sulfide) groups is 1. The van der Waals surface area contributed by atoms with Crippen LogP contribution in [0.25, 0.3) is 0 Å². The Morgan fingerprint density at radius 3 is 2.73 bits per heavy atom. The van der Waals surface area contributed by atoms with Gasteiger partial charge >= 0.3 is 17.4 Å². The topological polar surface area (TPSA) is 65.2 Å². The van der Waals surface area contributed by atoms with Crippen LogP contribution in [-0.4, -0.2) is 28.3 Å². The van der Waals surface area contributed by atoms with Crippen molar-refractivity contribution in [3.05, 3.63) is 5.89 Å². The SMILES string of the molecule is CCOC(=O)c1nnc(SC(F)(F)F)o1. The third kappa shape index (κ3) is 3.78. The lowest BCUT2D eigenvalue weighted by molar-refractivity contribution is -0.0338. The number of ether oxygens (including phenoxy) is 1. The summed E-state index contributed by atoms with van der Waals surface area (Å²) in [5, 5.41) is 5.39. The molecule has 0 fully saturated rings. The molecule has 0 aromatic carbocycles. The van der Waals surface area contributed by atoms with Crippen LogP contribution in [0.4, 0.5) is 13.2 Å². The van der Waals surface area contributed by atoms with Crippen LogP contribution >= 0.6 is 11.8 Å². The van der Waals surface area contributed by atoms with E-state index in [4.69, 9.17) is 0 Å². The van der Waals surface area contributed by atoms with Crippen LogP contribution in [-0.2, 0) is 4.74 Å². The lowest BCUT2D eigenvalue weighted by atomic mass is 10.7. The average molecular weight is 242 g/mol. The molecule has 84 valence electrons. The zero-order valence-electron chi connectivity index (χ0n) is 7.37. The molecule has 0 spiro atoms. The van der Waals surface area contributed by atoms with Gasteiger partial charge in [-0.25, -0.2) is 4.79 Å². The Bertz CT molecular complexity index is 352. The molecule has 5 nitrogen and oxygen atoms in total. The van der Waals surface area contributed by atoms with Crippen LogP contribution in [0, 0.1) is 0 Å². The van der Waals surface area contributed by atoms with E-state index in [0.29, 0.717) is 0 Å². The fourth-order valence-corrected chi connectivity index (χ4v) is 1.03. The van der Waals surface area contributed by atoms with Crippen molar-refractivity contribution in [2.24, 2.45) is 0 Å². The maximum Gasteiger partial charge on any atom is 0.450 e. The molecule has 0 unspecified atom stereocenters. The highest BCUT2D eigenvalue weighted by atomic mass is 32.2. The summed E-state index contributed by atoms with van der Waals surface area (Å²) >= 11 is -0.591. The molecule has 1 aromatic rings. The van der Waals surface area contributed by atoms with E-state index in [1.54, 1.807) is 6.92 Å². The number of alkyl halides is 3. The molecule has 0 saturated carbocycles. The van der Waals surface area contributed by atoms with Gasteiger partial charge in [0.2, 0.25) is 0 Å². The van der Waals surface area contributed by atoms with Crippen LogP contribution in [0.5, 0.6) is 0 Å². The Morgan fingerprint density at radius 1 is 1.53 bits per heavy atom. The zero-order chi connectivity index (χ0) is 11.5. The Kier molecular flexibility index (Phi) is 3.56. The van der Waals surface area contributed by atoms with Gasteiger partial charge in [-0.15, -0.1) is 5.10 Å². The normalized spacial score (nSPS) is 11.5. The first kappa shape index (κ1) is 11.8. The summed E-state index contributed by atoms with van der Waals surface area (Å²) in [4.78, 5) is 10.9. The summed E-state index contributed by atoms with van der Waals surface area (Å²) in [7, 11) is 0. The highest BCUT2D eigenvalue weighted by Gasteiger charge is 2.33. The fraction of sp³-hybridized carbons (Fsp3) is 0.500. The average Bonchev–Trinajstić information content (AvgIpc) is 2.50. The van der Waals surface area contributed by atoms with Crippen LogP contribution < -0.4 is 0 Å². The first-order valence-corrected chi connectivity index (χ1v) is 4.50. The minimum atomic E-state index is -4.53. The van der Waals surface area contributed by atoms with Gasteiger partial charge in [-0.2, -0.15) is 13.2 Å². The van der Waals surface area contributed by atoms with E-state index < -0.39 is 34.4 Å². The van der Waals surface area contributed by atoms with Gasteiger partial charge in [0.05, 0.1) is 6.61 Å². The van der Waals surface area contributed by atoms with Gasteiger partial charge in [0.1, 0.15) is 0 Å². The molecule has 1 heterocycles. The molecule has 0 saturated heterocycles. The second-order valence-corrected chi connectivity index (χ2v) is 3.16. The molecule has 0 atom stereocenters. The molecule has 0 N–H and O–H groups in total. The second-order valence-electron chi connectivity index (χ2n) is 2.14. The number of esters is 1. The standard InChI is InChI=1S/C6H5F3N2O3S/c1-2-13-4(12)3-10-11-5(14-3)15-6(7,8)9/h2H2,1H3. The predicted octanol–water partition coefficient (Wildman–Crippen LogP) is 1.86. The maximum absolute atomic E-state index is 11.8. The van der Waals surface area contributed by atoms with Crippen molar-refractivity contribution in [2.75, 3.05) is 6.61 Å². The minimum absolute atomic E-state index is 0.0724. The number of aromatic nitrogens is 2. The van der Waals surface area contributed by atoms with Gasteiger partial charge in [0.15, 0.2) is 0 Å². The molecular weight excluding hydrogens is 237 g/mol. The van der Waals surface area contributed by atoms with Crippen molar-refractivity contribution in [2.45, 2.75) is 17.7 Å². The number of rotatable bonds is 3. The molecule has 15 heavy (non-hydrogen) atoms. The number of hydrogen-bond acceptors (Lipinski definition) is 6. The van der Waals surface area contributed by atoms with Crippen LogP contribution in [0.1, 0.15) is 17.6 Å². The number of carbonyl (C=O) groups is 1. The van der Waals surface area contributed by atoms with E-state index >= 15 is 0 Å². The lowest BCUT2D eigenvalue weighted by Gasteiger charge is -1.99. The smallest absolute Gasteiger partial charge is 0.450 e. The van der Waals surface area contributed by atoms with E-state index in [-0.39, 0.29) is 6.61 Å². The van der Waals surface area contributed by atoms with Gasteiger partial charge in [-0.1, -0.05) is 5.10 Å². The van der Waals surface area contributed by atoms with Crippen molar-refractivity contribution in [3.8, 4) is 0 Å². The van der Waals surface area contributed by atoms with Crippen molar-refractivity contribution in [1.29, 1.82) is 0 Å². The summed E-state index contributed by atoms with van der Waals surface area (Å²) < 4.78 is 44.3. The fourth-order valence-electron chi connectivity index (χ4n) is 0.625. The molecule has 0 amide bonds. The molecular formula is C6H5F3N2O3S. The molecule has 0 bridgehead atoms. The molecule has 9 heteroatoms. The van der Waals surface area contributed by atoms with Crippen molar-refractivity contribution < 1.29 is 27.1 Å². The summed E-state index contributed by atoms with van der Waals surface area (Å²) in [5.74, 6) is -1.54. The quantitative estimate of drug-likeness (QED) is 0.595. The summed E-state index contributed by atoms with van der Waals surface area (Å²) in [6, 6.07) is 0. The Labute approximate surface area is 86.0 Å². The first-order chi connectivity index (χ1) is 6.92. The minimum Gasteiger partial charge on any atom is -0.459 e. The Balaban J connectivity index is 2.68. The number of hydrogen-bond donors (Lipinski definition) is 0. The number of halogens is 3. The largest absolute Gasteiger partial charge is 0.459 e. The van der Waals surface area contributed by atoms with Gasteiger partial charge in [-0.3, -0.25) is 0 Å². The van der Waals surface area contributed by atoms with E-state index in [9.17, 15) is 18.0 Å². The molecule has 1 rings (SSSR count). The monoisotopic (exact) mass is 242 g/mol. The number of nitrogens with zero attached hydrogens (tertiary/aromatic N) is 2. The second kappa shape index (κ2) is 4.51. The highest BCUT2D eigenvalue weighted by Crippen LogP contribution is 2.35. The molecule has 0 radical (unpaired) electrons. The van der Waals surface area contributed by atoms with E-state index in [1.165, 1.54) is 0 Å². The van der Waals surface area contributed by atoms with Crippen LogP contribution in [0.2, 0.25) is 0 Å². The van der Waals surface area contributed by atoms with Crippen molar-refractivity contribution in [1.82, 2.24) is 10.2 Å². The van der Waals surface area contributed by atoms with E-state index in [2.05, 4.69) is 19.4 Å². The van der Waals surface area contributed by atoms with Gasteiger partial charge < -0.3 is 9.15 Å². The lowest BCUT2D eigenvalue weighted by Crippen LogP contribution is -2.04. The van der Waals surface area contributed by atoms with Crippen molar-refractivity contribution >= 4 is 17.7 Å². The Morgan fingerprint density at radius 2 is 2.20 bits per heavy atom. The summed E-state index contributed by atoms with van der Waals surface area (Å²) in [6.45, 7) is 1.61. The number of carbonyl (C=O) groups excluding carboxylic acids is 1. The molecule has 1 aromatic heterocycles. The summed E-state index contributed by atoms with van der Waals surface area (Å²) in [5.41, 5.74) is -4.53. The van der Waals surface area contributed by atoms with Crippen LogP contribution in [0.15, 0.2) is 9.64 Å². The predicted molar refractivity (Wildman–Crippen MR) is 42.2 cm³/mol. The molecule has 0 aliphatic rings. The van der Waals surface area contributed by atoms with E-state index in [1.807, 2.05) is 0 Å². The highest BCUT2D eigenvalue weighted by molar-refractivity contribution is 7.99. The Hall–Kier alpha value is -1.25. The van der Waals surface area contributed by atoms with Crippen molar-refractivity contribution in [3.63, 3.8) is 0 Å². The third-order valence-corrected chi connectivity index (χ3v) is 1.63.